The smallest absolute Gasteiger partial charge is 0.294 e. The minimum absolute atomic E-state index is 0.0725. The van der Waals surface area contributed by atoms with Crippen LogP contribution in [-0.4, -0.2) is 27.0 Å². The zero-order valence-corrected chi connectivity index (χ0v) is 20.7. The minimum atomic E-state index is -5.19. The number of ketones is 1. The van der Waals surface area contributed by atoms with Gasteiger partial charge in [-0.15, -0.1) is 0 Å². The van der Waals surface area contributed by atoms with Gasteiger partial charge in [0.1, 0.15) is 0 Å². The maximum Gasteiger partial charge on any atom is 0.324 e. The zero-order chi connectivity index (χ0) is 25.8. The predicted octanol–water partition coefficient (Wildman–Crippen LogP) is 5.61. The number of hydrogen-bond acceptors (Lipinski definition) is 5. The Morgan fingerprint density at radius 3 is 1.39 bits per heavy atom. The summed E-state index contributed by atoms with van der Waals surface area (Å²) in [5, 5.41) is 0. The van der Waals surface area contributed by atoms with Crippen molar-refractivity contribution in [1.82, 2.24) is 0 Å². The lowest BCUT2D eigenvalue weighted by Gasteiger charge is -2.33. The summed E-state index contributed by atoms with van der Waals surface area (Å²) in [6.45, 7) is 0. The van der Waals surface area contributed by atoms with E-state index in [0.717, 1.165) is 24.3 Å². The molecule has 1 atom stereocenters. The number of hydrogen-bond donors (Lipinski definition) is 0. The minimum Gasteiger partial charge on any atom is -0.294 e. The van der Waals surface area contributed by atoms with Gasteiger partial charge in [-0.1, -0.05) is 97.1 Å². The Labute approximate surface area is 210 Å². The normalized spacial score (nSPS) is 13.1. The summed E-state index contributed by atoms with van der Waals surface area (Å²) >= 11 is 0. The second-order valence-corrected chi connectivity index (χ2v) is 12.6. The third kappa shape index (κ3) is 4.50. The van der Waals surface area contributed by atoms with Crippen molar-refractivity contribution < 1.29 is 26.0 Å². The van der Waals surface area contributed by atoms with Crippen LogP contribution in [0.2, 0.25) is 0 Å². The Bertz CT molecular complexity index is 1470. The summed E-state index contributed by atoms with van der Waals surface area (Å²) in [5.74, 6) is -2.44. The maximum absolute atomic E-state index is 17.6. The number of halogens is 1. The monoisotopic (exact) mass is 522 g/mol. The largest absolute Gasteiger partial charge is 0.324 e. The molecule has 4 aromatic carbocycles. The molecule has 0 heterocycles. The first kappa shape index (κ1) is 25.5. The van der Waals surface area contributed by atoms with Crippen LogP contribution in [-0.2, 0) is 19.7 Å². The Balaban J connectivity index is 2.01. The molecule has 0 saturated carbocycles. The highest BCUT2D eigenvalue weighted by atomic mass is 32.3. The van der Waals surface area contributed by atoms with Crippen molar-refractivity contribution in [2.45, 2.75) is 26.5 Å². The summed E-state index contributed by atoms with van der Waals surface area (Å²) in [5.41, 5.74) is 0.290. The number of Topliss-reactive ketones (excluding diaryl/α,β-unsaturated/α-hetero) is 1. The SMILES string of the molecule is O=C(C[C@@H](c1ccccc1)C(F)(S(=O)(=O)c1ccccc1)S(=O)(=O)c1ccccc1)c1ccccc1. The predicted molar refractivity (Wildman–Crippen MR) is 136 cm³/mol. The van der Waals surface area contributed by atoms with E-state index in [2.05, 4.69) is 0 Å². The second kappa shape index (κ2) is 10.2. The van der Waals surface area contributed by atoms with E-state index in [0.29, 0.717) is 0 Å². The van der Waals surface area contributed by atoms with E-state index >= 15 is 4.39 Å². The molecule has 4 rings (SSSR count). The van der Waals surface area contributed by atoms with Gasteiger partial charge in [0.2, 0.25) is 19.7 Å². The van der Waals surface area contributed by atoms with E-state index in [4.69, 9.17) is 0 Å². The van der Waals surface area contributed by atoms with Crippen LogP contribution in [0, 0.1) is 0 Å². The Kier molecular flexibility index (Phi) is 7.19. The van der Waals surface area contributed by atoms with Gasteiger partial charge in [-0.05, 0) is 29.8 Å². The molecule has 184 valence electrons. The van der Waals surface area contributed by atoms with Crippen molar-refractivity contribution in [3.05, 3.63) is 132 Å². The lowest BCUT2D eigenvalue weighted by molar-refractivity contribution is 0.0960. The third-order valence-electron chi connectivity index (χ3n) is 5.94. The van der Waals surface area contributed by atoms with Crippen molar-refractivity contribution >= 4 is 25.5 Å². The second-order valence-electron chi connectivity index (χ2n) is 8.17. The highest BCUT2D eigenvalue weighted by Gasteiger charge is 2.63. The van der Waals surface area contributed by atoms with Gasteiger partial charge >= 0.3 is 4.33 Å². The van der Waals surface area contributed by atoms with Crippen LogP contribution >= 0.6 is 0 Å². The molecule has 0 amide bonds. The molecule has 5 nitrogen and oxygen atoms in total. The number of sulfone groups is 2. The lowest BCUT2D eigenvalue weighted by atomic mass is 9.92. The highest BCUT2D eigenvalue weighted by Crippen LogP contribution is 2.48. The number of carbonyl (C=O) groups is 1. The number of alkyl halides is 1. The van der Waals surface area contributed by atoms with E-state index in [1.807, 2.05) is 0 Å². The highest BCUT2D eigenvalue weighted by molar-refractivity contribution is 8.10. The van der Waals surface area contributed by atoms with Gasteiger partial charge < -0.3 is 0 Å². The average molecular weight is 523 g/mol. The van der Waals surface area contributed by atoms with E-state index in [9.17, 15) is 21.6 Å². The third-order valence-corrected chi connectivity index (χ3v) is 11.1. The first-order valence-electron chi connectivity index (χ1n) is 11.1. The zero-order valence-electron chi connectivity index (χ0n) is 19.1. The molecule has 36 heavy (non-hydrogen) atoms. The molecule has 0 fully saturated rings. The van der Waals surface area contributed by atoms with E-state index in [-0.39, 0.29) is 11.1 Å². The molecule has 0 spiro atoms. The summed E-state index contributed by atoms with van der Waals surface area (Å²) < 4.78 is 69.5. The van der Waals surface area contributed by atoms with Crippen molar-refractivity contribution in [1.29, 1.82) is 0 Å². The molecule has 0 N–H and O–H groups in total. The van der Waals surface area contributed by atoms with Crippen LogP contribution in [0.5, 0.6) is 0 Å². The first-order valence-corrected chi connectivity index (χ1v) is 14.1. The van der Waals surface area contributed by atoms with Crippen LogP contribution < -0.4 is 0 Å². The topological polar surface area (TPSA) is 85.3 Å². The fourth-order valence-electron chi connectivity index (χ4n) is 4.09. The quantitative estimate of drug-likeness (QED) is 0.267. The number of carbonyl (C=O) groups excluding carboxylic acids is 1. The van der Waals surface area contributed by atoms with Gasteiger partial charge in [-0.25, -0.2) is 21.2 Å². The maximum atomic E-state index is 17.6. The van der Waals surface area contributed by atoms with Gasteiger partial charge in [0, 0.05) is 12.0 Å². The van der Waals surface area contributed by atoms with E-state index in [1.54, 1.807) is 36.4 Å². The van der Waals surface area contributed by atoms with Crippen LogP contribution in [0.1, 0.15) is 28.3 Å². The first-order chi connectivity index (χ1) is 17.2. The Morgan fingerprint density at radius 2 is 0.972 bits per heavy atom. The average Bonchev–Trinajstić information content (AvgIpc) is 2.93. The number of benzene rings is 4. The van der Waals surface area contributed by atoms with Crippen molar-refractivity contribution in [2.24, 2.45) is 0 Å². The molecule has 0 aliphatic carbocycles. The van der Waals surface area contributed by atoms with Crippen LogP contribution in [0.15, 0.2) is 131 Å². The molecule has 0 saturated heterocycles. The van der Waals surface area contributed by atoms with Crippen LogP contribution in [0.25, 0.3) is 0 Å². The fraction of sp³-hybridized carbons (Fsp3) is 0.107. The Hall–Kier alpha value is -3.62. The van der Waals surface area contributed by atoms with E-state index in [1.165, 1.54) is 60.7 Å². The molecule has 0 aliphatic heterocycles. The summed E-state index contributed by atoms with van der Waals surface area (Å²) in [4.78, 5) is 12.2. The van der Waals surface area contributed by atoms with Crippen molar-refractivity contribution in [3.63, 3.8) is 0 Å². The lowest BCUT2D eigenvalue weighted by Crippen LogP contribution is -2.48. The van der Waals surface area contributed by atoms with Gasteiger partial charge in [0.05, 0.1) is 15.7 Å². The molecular weight excluding hydrogens is 499 g/mol. The molecule has 0 radical (unpaired) electrons. The fourth-order valence-corrected chi connectivity index (χ4v) is 8.69. The van der Waals surface area contributed by atoms with Gasteiger partial charge in [0.25, 0.3) is 0 Å². The van der Waals surface area contributed by atoms with Gasteiger partial charge in [-0.2, -0.15) is 0 Å². The summed E-state index contributed by atoms with van der Waals surface area (Å²) in [6.07, 6.45) is -0.692. The molecule has 0 aromatic heterocycles. The van der Waals surface area contributed by atoms with Gasteiger partial charge in [-0.3, -0.25) is 4.79 Å². The Morgan fingerprint density at radius 1 is 0.611 bits per heavy atom. The van der Waals surface area contributed by atoms with Gasteiger partial charge in [0.15, 0.2) is 5.78 Å². The summed E-state index contributed by atoms with van der Waals surface area (Å²) in [6, 6.07) is 28.7. The molecular formula is C28H23FO5S2. The molecule has 0 unspecified atom stereocenters. The summed E-state index contributed by atoms with van der Waals surface area (Å²) in [7, 11) is -10.4. The molecule has 4 aromatic rings. The molecule has 0 bridgehead atoms. The molecule has 8 heteroatoms. The van der Waals surface area contributed by atoms with Crippen LogP contribution in [0.3, 0.4) is 0 Å². The van der Waals surface area contributed by atoms with Crippen LogP contribution in [0.4, 0.5) is 4.39 Å². The number of rotatable bonds is 9. The van der Waals surface area contributed by atoms with Crippen molar-refractivity contribution in [2.75, 3.05) is 0 Å². The molecule has 0 aliphatic rings. The standard InChI is InChI=1S/C28H23FO5S2/c29-28(35(31,32)24-17-9-3-10-18-24,36(33,34)25-19-11-4-12-20-25)26(22-13-5-1-6-14-22)21-27(30)23-15-7-2-8-16-23/h1-20,26H,21H2/t26-/m0/s1. The van der Waals surface area contributed by atoms with Crippen molar-refractivity contribution in [3.8, 4) is 0 Å². The van der Waals surface area contributed by atoms with E-state index < -0.39 is 51.9 Å².